The Hall–Kier alpha value is -3.34. The molecule has 3 aromatic heterocycles. The summed E-state index contributed by atoms with van der Waals surface area (Å²) < 4.78 is 36.1. The predicted molar refractivity (Wildman–Crippen MR) is 123 cm³/mol. The molecule has 1 aliphatic rings. The van der Waals surface area contributed by atoms with Crippen LogP contribution in [-0.2, 0) is 11.8 Å². The molecule has 34 heavy (non-hydrogen) atoms. The van der Waals surface area contributed by atoms with Gasteiger partial charge in [0, 0.05) is 43.9 Å². The number of halogens is 2. The summed E-state index contributed by atoms with van der Waals surface area (Å²) in [6.45, 7) is -0.0327. The number of carbonyl (C=O) groups excluding carboxylic acids is 1. The lowest BCUT2D eigenvalue weighted by atomic mass is 10.2. The van der Waals surface area contributed by atoms with Gasteiger partial charge in [-0.2, -0.15) is 10.2 Å². The molecule has 9 nitrogen and oxygen atoms in total. The van der Waals surface area contributed by atoms with Crippen LogP contribution in [0.15, 0.2) is 43.0 Å². The maximum Gasteiger partial charge on any atom is 0.255 e. The van der Waals surface area contributed by atoms with Crippen LogP contribution in [0.1, 0.15) is 19.3 Å². The largest absolute Gasteiger partial charge is 0.473 e. The maximum absolute atomic E-state index is 13.3. The molecule has 1 fully saturated rings. The molecule has 0 N–H and O–H groups in total. The van der Waals surface area contributed by atoms with E-state index in [4.69, 9.17) is 4.74 Å². The molecule has 0 unspecified atom stereocenters. The monoisotopic (exact) mass is 473 g/mol. The molecule has 4 rings (SSSR count). The smallest absolute Gasteiger partial charge is 0.255 e. The van der Waals surface area contributed by atoms with Crippen LogP contribution in [-0.4, -0.2) is 85.8 Å². The van der Waals surface area contributed by atoms with Gasteiger partial charge in [0.05, 0.1) is 30.8 Å². The Bertz CT molecular complexity index is 1160. The highest BCUT2D eigenvalue weighted by molar-refractivity contribution is 5.88. The first-order valence-electron chi connectivity index (χ1n) is 11.2. The molecule has 3 heterocycles. The molecule has 1 aliphatic carbocycles. The fraction of sp³-hybridized carbons (Fsp3) is 0.478. The Morgan fingerprint density at radius 1 is 1.29 bits per heavy atom. The summed E-state index contributed by atoms with van der Waals surface area (Å²) in [5.41, 5.74) is 2.20. The highest BCUT2D eigenvalue weighted by Crippen LogP contribution is 2.31. The number of nitrogens with zero attached hydrogens (tertiary/aromatic N) is 7. The van der Waals surface area contributed by atoms with E-state index in [1.807, 2.05) is 38.3 Å². The van der Waals surface area contributed by atoms with Crippen LogP contribution >= 0.6 is 0 Å². The van der Waals surface area contributed by atoms with Crippen LogP contribution in [0, 0.1) is 0 Å². The zero-order valence-corrected chi connectivity index (χ0v) is 19.5. The minimum atomic E-state index is -2.60. The first-order chi connectivity index (χ1) is 16.3. The Balaban J connectivity index is 1.50. The van der Waals surface area contributed by atoms with E-state index < -0.39 is 18.9 Å². The molecule has 0 aliphatic heterocycles. The number of fused-ring (bicyclic) bond motifs is 1. The second-order valence-corrected chi connectivity index (χ2v) is 8.75. The second-order valence-electron chi connectivity index (χ2n) is 8.75. The summed E-state index contributed by atoms with van der Waals surface area (Å²) in [5.74, 6) is 0.0183. The van der Waals surface area contributed by atoms with Gasteiger partial charge in [-0.3, -0.25) is 9.48 Å². The zero-order chi connectivity index (χ0) is 24.2. The van der Waals surface area contributed by atoms with Gasteiger partial charge < -0.3 is 14.5 Å². The van der Waals surface area contributed by atoms with Crippen LogP contribution in [0.5, 0.6) is 5.88 Å². The first-order valence-corrected chi connectivity index (χ1v) is 11.2. The highest BCUT2D eigenvalue weighted by atomic mass is 19.3. The lowest BCUT2D eigenvalue weighted by Gasteiger charge is -2.28. The number of hydrogen-bond donors (Lipinski definition) is 0. The molecular weight excluding hydrogens is 444 g/mol. The molecule has 0 bridgehead atoms. The molecule has 182 valence electrons. The van der Waals surface area contributed by atoms with Crippen molar-refractivity contribution in [1.29, 1.82) is 0 Å². The van der Waals surface area contributed by atoms with Crippen molar-refractivity contribution in [3.63, 3.8) is 0 Å². The number of ether oxygens (including phenoxy) is 1. The number of carbonyl (C=O) groups is 1. The van der Waals surface area contributed by atoms with Crippen molar-refractivity contribution in [2.45, 2.75) is 37.8 Å². The van der Waals surface area contributed by atoms with Crippen molar-refractivity contribution >= 4 is 11.4 Å². The molecular formula is C23H29F2N7O2. The van der Waals surface area contributed by atoms with E-state index in [-0.39, 0.29) is 12.1 Å². The topological polar surface area (TPSA) is 80.8 Å². The second kappa shape index (κ2) is 10.3. The normalized spacial score (nSPS) is 18.6. The summed E-state index contributed by atoms with van der Waals surface area (Å²) in [6.07, 6.45) is 8.93. The minimum Gasteiger partial charge on any atom is -0.473 e. The van der Waals surface area contributed by atoms with Crippen LogP contribution < -0.4 is 4.74 Å². The quantitative estimate of drug-likeness (QED) is 0.445. The fourth-order valence-corrected chi connectivity index (χ4v) is 4.17. The molecule has 0 spiro atoms. The summed E-state index contributed by atoms with van der Waals surface area (Å²) >= 11 is 0. The van der Waals surface area contributed by atoms with Crippen molar-refractivity contribution in [2.75, 3.05) is 27.2 Å². The number of alkyl halides is 2. The van der Waals surface area contributed by atoms with Crippen LogP contribution in [0.4, 0.5) is 8.78 Å². The Morgan fingerprint density at radius 2 is 2.12 bits per heavy atom. The molecule has 1 saturated carbocycles. The van der Waals surface area contributed by atoms with Gasteiger partial charge in [0.25, 0.3) is 6.43 Å². The summed E-state index contributed by atoms with van der Waals surface area (Å²) in [7, 11) is 5.58. The van der Waals surface area contributed by atoms with Crippen LogP contribution in [0.3, 0.4) is 0 Å². The maximum atomic E-state index is 13.3. The lowest BCUT2D eigenvalue weighted by Crippen LogP contribution is -2.41. The number of likely N-dealkylation sites (N-methyl/N-ethyl adjacent to an activating group) is 1. The summed E-state index contributed by atoms with van der Waals surface area (Å²) in [6, 6.07) is 1.49. The van der Waals surface area contributed by atoms with Gasteiger partial charge in [0.1, 0.15) is 11.6 Å². The number of aromatic nitrogens is 5. The summed E-state index contributed by atoms with van der Waals surface area (Å²) in [4.78, 5) is 20.5. The third kappa shape index (κ3) is 5.58. The van der Waals surface area contributed by atoms with E-state index in [9.17, 15) is 13.6 Å². The zero-order valence-electron chi connectivity index (χ0n) is 19.5. The van der Waals surface area contributed by atoms with E-state index in [0.717, 1.165) is 5.56 Å². The van der Waals surface area contributed by atoms with Gasteiger partial charge in [-0.15, -0.1) is 0 Å². The predicted octanol–water partition coefficient (Wildman–Crippen LogP) is 2.64. The first kappa shape index (κ1) is 23.8. The van der Waals surface area contributed by atoms with E-state index in [1.54, 1.807) is 33.9 Å². The third-order valence-corrected chi connectivity index (χ3v) is 5.78. The van der Waals surface area contributed by atoms with Crippen molar-refractivity contribution in [3.8, 4) is 17.1 Å². The third-order valence-electron chi connectivity index (χ3n) is 5.78. The van der Waals surface area contributed by atoms with Gasteiger partial charge in [0.15, 0.2) is 0 Å². The van der Waals surface area contributed by atoms with E-state index in [0.29, 0.717) is 42.9 Å². The van der Waals surface area contributed by atoms with Gasteiger partial charge in [-0.1, -0.05) is 6.08 Å². The highest BCUT2D eigenvalue weighted by Gasteiger charge is 2.34. The molecule has 1 amide bonds. The fourth-order valence-electron chi connectivity index (χ4n) is 4.17. The van der Waals surface area contributed by atoms with Crippen molar-refractivity contribution in [1.82, 2.24) is 34.2 Å². The Morgan fingerprint density at radius 3 is 2.82 bits per heavy atom. The van der Waals surface area contributed by atoms with Gasteiger partial charge in [-0.05, 0) is 33.0 Å². The van der Waals surface area contributed by atoms with Crippen molar-refractivity contribution in [3.05, 3.63) is 43.0 Å². The van der Waals surface area contributed by atoms with Crippen LogP contribution in [0.25, 0.3) is 16.8 Å². The number of aryl methyl sites for hydroxylation is 1. The minimum absolute atomic E-state index is 0.251. The number of rotatable bonds is 9. The summed E-state index contributed by atoms with van der Waals surface area (Å²) in [5, 5.41) is 8.50. The van der Waals surface area contributed by atoms with Crippen molar-refractivity contribution < 1.29 is 18.3 Å². The van der Waals surface area contributed by atoms with E-state index in [1.165, 1.54) is 11.0 Å². The SMILES string of the molecule is CN(C)CC=CC(=O)N(CC(F)F)[C@H]1CC[C@@H](Oc2nc(-c3cnn(C)c3)cn3nccc23)C1. The van der Waals surface area contributed by atoms with Crippen LogP contribution in [0.2, 0.25) is 0 Å². The molecule has 3 aromatic rings. The standard InChI is InChI=1S/C23H29F2N7O2/c1-29(2)10-4-5-22(33)31(15-21(24)25)17-6-7-18(11-17)34-23-20-8-9-26-32(20)14-19(28-23)16-12-27-30(3)13-16/h4-5,8-9,12-14,17-18,21H,6-7,10-11,15H2,1-3H3/t17-,18+/m0/s1. The molecule has 2 atom stereocenters. The van der Waals surface area contributed by atoms with Crippen molar-refractivity contribution in [2.24, 2.45) is 7.05 Å². The number of amides is 1. The van der Waals surface area contributed by atoms with E-state index in [2.05, 4.69) is 15.2 Å². The average molecular weight is 474 g/mol. The molecule has 0 radical (unpaired) electrons. The molecule has 0 aromatic carbocycles. The molecule has 0 saturated heterocycles. The van der Waals surface area contributed by atoms with E-state index >= 15 is 0 Å². The molecule has 11 heteroatoms. The lowest BCUT2D eigenvalue weighted by molar-refractivity contribution is -0.130. The van der Waals surface area contributed by atoms with Gasteiger partial charge in [-0.25, -0.2) is 18.3 Å². The van der Waals surface area contributed by atoms with Gasteiger partial charge >= 0.3 is 0 Å². The average Bonchev–Trinajstić information content (AvgIpc) is 3.52. The number of hydrogen-bond acceptors (Lipinski definition) is 6. The Labute approximate surface area is 196 Å². The Kier molecular flexibility index (Phi) is 7.20. The van der Waals surface area contributed by atoms with Gasteiger partial charge in [0.2, 0.25) is 11.8 Å².